The number of ether oxygens (including phenoxy) is 3. The van der Waals surface area contributed by atoms with Crippen LogP contribution in [0.15, 0.2) is 72.1 Å². The second-order valence-electron chi connectivity index (χ2n) is 9.16. The molecule has 0 fully saturated rings. The van der Waals surface area contributed by atoms with Crippen LogP contribution in [-0.4, -0.2) is 24.5 Å². The lowest BCUT2D eigenvalue weighted by Crippen LogP contribution is -2.29. The van der Waals surface area contributed by atoms with Crippen LogP contribution in [0.1, 0.15) is 30.5 Å². The van der Waals surface area contributed by atoms with E-state index in [-0.39, 0.29) is 22.8 Å². The SMILES string of the molecule is Cc1cc(-[s+]2ccc3ccccc32)cc(C)c1OCC(=O)OC(C)(C)C#Cc1ccc(OC(F)(F)F)cc1. The number of carbonyl (C=O) groups excluding carboxylic acids is 1. The highest BCUT2D eigenvalue weighted by Gasteiger charge is 2.31. The third-order valence-electron chi connectivity index (χ3n) is 5.53. The van der Waals surface area contributed by atoms with Gasteiger partial charge < -0.3 is 14.2 Å². The lowest BCUT2D eigenvalue weighted by atomic mass is 10.1. The summed E-state index contributed by atoms with van der Waals surface area (Å²) in [6.45, 7) is 6.86. The zero-order valence-corrected chi connectivity index (χ0v) is 22.1. The van der Waals surface area contributed by atoms with Crippen molar-refractivity contribution in [3.05, 3.63) is 88.8 Å². The summed E-state index contributed by atoms with van der Waals surface area (Å²) in [6.07, 6.45) is -4.76. The van der Waals surface area contributed by atoms with Crippen molar-refractivity contribution in [3.8, 4) is 28.2 Å². The van der Waals surface area contributed by atoms with Crippen LogP contribution in [0.4, 0.5) is 13.2 Å². The van der Waals surface area contributed by atoms with Gasteiger partial charge in [-0.05, 0) is 75.2 Å². The van der Waals surface area contributed by atoms with Crippen LogP contribution in [0.25, 0.3) is 15.0 Å². The van der Waals surface area contributed by atoms with Gasteiger partial charge in [-0.2, -0.15) is 0 Å². The molecule has 4 nitrogen and oxygen atoms in total. The van der Waals surface area contributed by atoms with E-state index in [1.165, 1.54) is 39.2 Å². The largest absolute Gasteiger partial charge is 0.573 e. The van der Waals surface area contributed by atoms with Crippen LogP contribution in [-0.2, 0) is 9.53 Å². The Kier molecular flexibility index (Phi) is 7.70. The van der Waals surface area contributed by atoms with E-state index in [2.05, 4.69) is 52.3 Å². The van der Waals surface area contributed by atoms with Crippen LogP contribution in [0.3, 0.4) is 0 Å². The van der Waals surface area contributed by atoms with Crippen molar-refractivity contribution in [1.29, 1.82) is 0 Å². The fourth-order valence-electron chi connectivity index (χ4n) is 3.94. The highest BCUT2D eigenvalue weighted by molar-refractivity contribution is 7.43. The number of hydrogen-bond donors (Lipinski definition) is 0. The van der Waals surface area contributed by atoms with Gasteiger partial charge in [-0.25, -0.2) is 4.79 Å². The topological polar surface area (TPSA) is 44.8 Å². The zero-order chi connectivity index (χ0) is 27.5. The molecule has 0 radical (unpaired) electrons. The van der Waals surface area contributed by atoms with Gasteiger partial charge in [0.2, 0.25) is 0 Å². The number of aryl methyl sites for hydroxylation is 2. The Hall–Kier alpha value is -3.96. The quantitative estimate of drug-likeness (QED) is 0.142. The molecule has 0 saturated heterocycles. The molecule has 1 heterocycles. The molecular weight excluding hydrogens is 513 g/mol. The molecule has 0 N–H and O–H groups in total. The average molecular weight is 540 g/mol. The van der Waals surface area contributed by atoms with Crippen LogP contribution >= 0.6 is 10.5 Å². The Morgan fingerprint density at radius 1 is 0.947 bits per heavy atom. The molecule has 4 aromatic rings. The molecule has 1 atom stereocenters. The van der Waals surface area contributed by atoms with Crippen molar-refractivity contribution < 1.29 is 32.2 Å². The van der Waals surface area contributed by atoms with E-state index in [1.807, 2.05) is 26.0 Å². The highest BCUT2D eigenvalue weighted by atomic mass is 32.2. The second-order valence-corrected chi connectivity index (χ2v) is 11.0. The number of benzene rings is 3. The molecule has 0 spiro atoms. The molecule has 0 aliphatic carbocycles. The van der Waals surface area contributed by atoms with Crippen LogP contribution in [0.2, 0.25) is 0 Å². The Bertz CT molecular complexity index is 1500. The van der Waals surface area contributed by atoms with Crippen molar-refractivity contribution >= 4 is 26.5 Å². The normalized spacial score (nSPS) is 12.0. The fourth-order valence-corrected chi connectivity index (χ4v) is 6.00. The first kappa shape index (κ1) is 27.1. The summed E-state index contributed by atoms with van der Waals surface area (Å²) >= 11 is 0. The molecule has 0 saturated carbocycles. The van der Waals surface area contributed by atoms with E-state index in [0.717, 1.165) is 11.1 Å². The first-order chi connectivity index (χ1) is 17.9. The molecule has 38 heavy (non-hydrogen) atoms. The number of esters is 1. The number of hydrogen-bond acceptors (Lipinski definition) is 4. The Labute approximate surface area is 221 Å². The van der Waals surface area contributed by atoms with Crippen molar-refractivity contribution in [1.82, 2.24) is 0 Å². The number of halogens is 3. The summed E-state index contributed by atoms with van der Waals surface area (Å²) in [6, 6.07) is 19.8. The summed E-state index contributed by atoms with van der Waals surface area (Å²) in [5.74, 6) is 5.34. The molecule has 196 valence electrons. The maximum atomic E-state index is 12.5. The zero-order valence-electron chi connectivity index (χ0n) is 21.3. The predicted molar refractivity (Wildman–Crippen MR) is 143 cm³/mol. The van der Waals surface area contributed by atoms with Gasteiger partial charge in [0, 0.05) is 39.6 Å². The third-order valence-corrected chi connectivity index (χ3v) is 7.52. The second kappa shape index (κ2) is 10.8. The average Bonchev–Trinajstić information content (AvgIpc) is 3.26. The van der Waals surface area contributed by atoms with E-state index < -0.39 is 17.9 Å². The minimum atomic E-state index is -4.76. The first-order valence-electron chi connectivity index (χ1n) is 11.8. The number of carbonyl (C=O) groups is 1. The number of rotatable bonds is 6. The summed E-state index contributed by atoms with van der Waals surface area (Å²) in [4.78, 5) is 13.7. The standard InChI is InChI=1S/C30H26F3O4S/c1-20-17-25(38-16-14-23-7-5-6-8-26(23)38)18-21(2)28(20)35-19-27(34)37-29(3,4)15-13-22-9-11-24(12-10-22)36-30(31,32)33/h5-12,14,16-18H,19H2,1-4H3/q+1. The van der Waals surface area contributed by atoms with Crippen molar-refractivity contribution in [2.75, 3.05) is 6.61 Å². The smallest absolute Gasteiger partial charge is 0.481 e. The minimum Gasteiger partial charge on any atom is -0.481 e. The van der Waals surface area contributed by atoms with Crippen LogP contribution in [0.5, 0.6) is 11.5 Å². The summed E-state index contributed by atoms with van der Waals surface area (Å²) < 4.78 is 53.4. The lowest BCUT2D eigenvalue weighted by Gasteiger charge is -2.19. The third kappa shape index (κ3) is 6.87. The molecule has 0 amide bonds. The molecule has 8 heteroatoms. The molecule has 0 bridgehead atoms. The van der Waals surface area contributed by atoms with E-state index in [4.69, 9.17) is 9.47 Å². The van der Waals surface area contributed by atoms with Gasteiger partial charge in [-0.1, -0.05) is 24.0 Å². The van der Waals surface area contributed by atoms with Crippen molar-refractivity contribution in [3.63, 3.8) is 0 Å². The molecule has 1 aromatic heterocycles. The summed E-state index contributed by atoms with van der Waals surface area (Å²) in [5.41, 5.74) is 1.16. The maximum Gasteiger partial charge on any atom is 0.573 e. The van der Waals surface area contributed by atoms with E-state index >= 15 is 0 Å². The molecule has 0 aliphatic heterocycles. The molecule has 0 aliphatic rings. The Balaban J connectivity index is 1.38. The van der Waals surface area contributed by atoms with E-state index in [9.17, 15) is 18.0 Å². The molecule has 3 aromatic carbocycles. The molecular formula is C30H26F3O4S+. The number of fused-ring (bicyclic) bond motifs is 1. The van der Waals surface area contributed by atoms with Gasteiger partial charge in [0.15, 0.2) is 21.8 Å². The lowest BCUT2D eigenvalue weighted by molar-refractivity contribution is -0.274. The minimum absolute atomic E-state index is 0.145. The predicted octanol–water partition coefficient (Wildman–Crippen LogP) is 7.85. The number of thiophene rings is 1. The van der Waals surface area contributed by atoms with Gasteiger partial charge in [-0.15, -0.1) is 13.2 Å². The van der Waals surface area contributed by atoms with Gasteiger partial charge in [-0.3, -0.25) is 0 Å². The van der Waals surface area contributed by atoms with Gasteiger partial charge in [0.1, 0.15) is 16.9 Å². The molecule has 1 unspecified atom stereocenters. The van der Waals surface area contributed by atoms with Gasteiger partial charge in [0.05, 0.1) is 0 Å². The molecule has 4 rings (SSSR count). The van der Waals surface area contributed by atoms with Crippen LogP contribution in [0, 0.1) is 25.7 Å². The number of alkyl halides is 3. The van der Waals surface area contributed by atoms with Crippen LogP contribution < -0.4 is 9.47 Å². The van der Waals surface area contributed by atoms with E-state index in [1.54, 1.807) is 13.8 Å². The monoisotopic (exact) mass is 539 g/mol. The van der Waals surface area contributed by atoms with E-state index in [0.29, 0.717) is 11.3 Å². The summed E-state index contributed by atoms with van der Waals surface area (Å²) in [5, 5.41) is 3.44. The summed E-state index contributed by atoms with van der Waals surface area (Å²) in [7, 11) is -0.145. The maximum absolute atomic E-state index is 12.5. The Morgan fingerprint density at radius 3 is 2.26 bits per heavy atom. The fraction of sp³-hybridized carbons (Fsp3) is 0.233. The Morgan fingerprint density at radius 2 is 1.61 bits per heavy atom. The highest BCUT2D eigenvalue weighted by Crippen LogP contribution is 2.42. The van der Waals surface area contributed by atoms with Gasteiger partial charge in [0.25, 0.3) is 0 Å². The van der Waals surface area contributed by atoms with Crippen molar-refractivity contribution in [2.24, 2.45) is 0 Å². The van der Waals surface area contributed by atoms with Crippen molar-refractivity contribution in [2.45, 2.75) is 39.7 Å². The first-order valence-corrected chi connectivity index (χ1v) is 13.0. The van der Waals surface area contributed by atoms with Gasteiger partial charge >= 0.3 is 12.3 Å².